The molecule has 0 saturated heterocycles. The number of rotatable bonds is 2. The second-order valence-electron chi connectivity index (χ2n) is 6.65. The summed E-state index contributed by atoms with van der Waals surface area (Å²) in [5.41, 5.74) is 6.58. The molecule has 0 aliphatic carbocycles. The highest BCUT2D eigenvalue weighted by atomic mass is 32.1. The molecule has 0 N–H and O–H groups in total. The Kier molecular flexibility index (Phi) is 3.62. The summed E-state index contributed by atoms with van der Waals surface area (Å²) < 4.78 is 2.75. The third-order valence-electron chi connectivity index (χ3n) is 5.04. The third-order valence-corrected chi connectivity index (χ3v) is 6.33. The lowest BCUT2D eigenvalue weighted by Gasteiger charge is -2.06. The second kappa shape index (κ2) is 6.12. The minimum Gasteiger partial charge on any atom is -0.134 e. The van der Waals surface area contributed by atoms with Gasteiger partial charge in [-0.15, -0.1) is 11.3 Å². The van der Waals surface area contributed by atoms with Crippen molar-refractivity contribution in [3.05, 3.63) is 96.6 Å². The normalized spacial score (nSPS) is 11.3. The van der Waals surface area contributed by atoms with E-state index in [0.717, 1.165) is 0 Å². The molecule has 0 atom stereocenters. The molecule has 1 heteroatoms. The summed E-state index contributed by atoms with van der Waals surface area (Å²) in [6.07, 6.45) is 0. The van der Waals surface area contributed by atoms with Crippen LogP contribution in [0.1, 0.15) is 5.56 Å². The first kappa shape index (κ1) is 15.4. The largest absolute Gasteiger partial charge is 0.134 e. The highest BCUT2D eigenvalue weighted by molar-refractivity contribution is 7.26. The summed E-state index contributed by atoms with van der Waals surface area (Å²) in [5, 5.41) is 2.70. The lowest BCUT2D eigenvalue weighted by Crippen LogP contribution is -1.82. The maximum atomic E-state index is 2.25. The van der Waals surface area contributed by atoms with Gasteiger partial charge in [-0.3, -0.25) is 0 Å². The Morgan fingerprint density at radius 2 is 1.08 bits per heavy atom. The number of thiophene rings is 1. The molecule has 0 saturated carbocycles. The monoisotopic (exact) mass is 350 g/mol. The van der Waals surface area contributed by atoms with E-state index in [9.17, 15) is 0 Å². The van der Waals surface area contributed by atoms with Crippen LogP contribution in [0.15, 0.2) is 91.0 Å². The fourth-order valence-electron chi connectivity index (χ4n) is 3.75. The van der Waals surface area contributed by atoms with Crippen LogP contribution in [0, 0.1) is 6.92 Å². The van der Waals surface area contributed by atoms with Gasteiger partial charge in [-0.05, 0) is 34.7 Å². The predicted octanol–water partition coefficient (Wildman–Crippen LogP) is 7.70. The molecular formula is C25H18S. The molecule has 0 spiro atoms. The van der Waals surface area contributed by atoms with E-state index in [1.807, 2.05) is 11.3 Å². The quantitative estimate of drug-likeness (QED) is 0.306. The summed E-state index contributed by atoms with van der Waals surface area (Å²) in [5.74, 6) is 0. The third kappa shape index (κ3) is 2.36. The van der Waals surface area contributed by atoms with Gasteiger partial charge in [0.05, 0.1) is 0 Å². The molecule has 5 rings (SSSR count). The summed E-state index contributed by atoms with van der Waals surface area (Å²) >= 11 is 1.91. The second-order valence-corrected chi connectivity index (χ2v) is 7.67. The zero-order valence-electron chi connectivity index (χ0n) is 14.6. The first-order valence-corrected chi connectivity index (χ1v) is 9.70. The highest BCUT2D eigenvalue weighted by Crippen LogP contribution is 2.43. The van der Waals surface area contributed by atoms with Crippen molar-refractivity contribution in [2.45, 2.75) is 6.92 Å². The van der Waals surface area contributed by atoms with Gasteiger partial charge in [0.1, 0.15) is 0 Å². The summed E-state index contributed by atoms with van der Waals surface area (Å²) in [6.45, 7) is 2.19. The van der Waals surface area contributed by atoms with Crippen molar-refractivity contribution in [1.29, 1.82) is 0 Å². The van der Waals surface area contributed by atoms with Gasteiger partial charge in [-0.1, -0.05) is 91.0 Å². The van der Waals surface area contributed by atoms with Crippen molar-refractivity contribution in [2.24, 2.45) is 0 Å². The lowest BCUT2D eigenvalue weighted by molar-refractivity contribution is 1.47. The van der Waals surface area contributed by atoms with Crippen molar-refractivity contribution < 1.29 is 0 Å². The smallest absolute Gasteiger partial charge is 0.0434 e. The number of hydrogen-bond donors (Lipinski definition) is 0. The standard InChI is InChI=1S/C25H18S/c1-17-9-5-6-12-19(17)21-14-8-16-23-22-15-7-13-20(24(22)26-25(21)23)18-10-3-2-4-11-18/h2-16H,1H3. The molecule has 5 aromatic rings. The van der Waals surface area contributed by atoms with Gasteiger partial charge in [0, 0.05) is 20.2 Å². The van der Waals surface area contributed by atoms with E-state index in [-0.39, 0.29) is 0 Å². The number of fused-ring (bicyclic) bond motifs is 3. The maximum absolute atomic E-state index is 2.25. The fourth-order valence-corrected chi connectivity index (χ4v) is 5.12. The van der Waals surface area contributed by atoms with E-state index in [2.05, 4.69) is 97.9 Å². The van der Waals surface area contributed by atoms with Crippen molar-refractivity contribution in [2.75, 3.05) is 0 Å². The number of hydrogen-bond acceptors (Lipinski definition) is 1. The van der Waals surface area contributed by atoms with Crippen LogP contribution in [-0.4, -0.2) is 0 Å². The number of benzene rings is 4. The van der Waals surface area contributed by atoms with E-state index >= 15 is 0 Å². The van der Waals surface area contributed by atoms with Gasteiger partial charge in [-0.2, -0.15) is 0 Å². The Bertz CT molecular complexity index is 1230. The van der Waals surface area contributed by atoms with Crippen LogP contribution < -0.4 is 0 Å². The average molecular weight is 350 g/mol. The molecule has 0 fully saturated rings. The van der Waals surface area contributed by atoms with Crippen LogP contribution in [0.5, 0.6) is 0 Å². The van der Waals surface area contributed by atoms with Crippen molar-refractivity contribution in [3.63, 3.8) is 0 Å². The Morgan fingerprint density at radius 3 is 1.81 bits per heavy atom. The van der Waals surface area contributed by atoms with Gasteiger partial charge in [0.25, 0.3) is 0 Å². The zero-order valence-corrected chi connectivity index (χ0v) is 15.4. The molecular weight excluding hydrogens is 332 g/mol. The van der Waals surface area contributed by atoms with Crippen molar-refractivity contribution in [1.82, 2.24) is 0 Å². The fraction of sp³-hybridized carbons (Fsp3) is 0.0400. The van der Waals surface area contributed by atoms with Crippen LogP contribution in [0.4, 0.5) is 0 Å². The maximum Gasteiger partial charge on any atom is 0.0434 e. The van der Waals surface area contributed by atoms with Gasteiger partial charge < -0.3 is 0 Å². The molecule has 0 amide bonds. The summed E-state index contributed by atoms with van der Waals surface area (Å²) in [7, 11) is 0. The van der Waals surface area contributed by atoms with Gasteiger partial charge in [-0.25, -0.2) is 0 Å². The SMILES string of the molecule is Cc1ccccc1-c1cccc2c1sc1c(-c3ccccc3)cccc12. The van der Waals surface area contributed by atoms with E-state index < -0.39 is 0 Å². The molecule has 1 aromatic heterocycles. The van der Waals surface area contributed by atoms with Gasteiger partial charge >= 0.3 is 0 Å². The molecule has 0 nitrogen and oxygen atoms in total. The van der Waals surface area contributed by atoms with Crippen LogP contribution >= 0.6 is 11.3 Å². The average Bonchev–Trinajstić information content (AvgIpc) is 3.08. The molecule has 0 radical (unpaired) electrons. The lowest BCUT2D eigenvalue weighted by atomic mass is 9.98. The van der Waals surface area contributed by atoms with Crippen LogP contribution in [-0.2, 0) is 0 Å². The molecule has 0 aliphatic rings. The first-order chi connectivity index (χ1) is 12.8. The van der Waals surface area contributed by atoms with Crippen molar-refractivity contribution >= 4 is 31.5 Å². The molecule has 26 heavy (non-hydrogen) atoms. The molecule has 4 aromatic carbocycles. The predicted molar refractivity (Wildman–Crippen MR) is 115 cm³/mol. The Labute approximate surface area is 157 Å². The van der Waals surface area contributed by atoms with E-state index in [0.29, 0.717) is 0 Å². The summed E-state index contributed by atoms with van der Waals surface area (Å²) in [6, 6.07) is 32.7. The molecule has 1 heterocycles. The minimum absolute atomic E-state index is 1.28. The minimum atomic E-state index is 1.28. The van der Waals surface area contributed by atoms with Gasteiger partial charge in [0.2, 0.25) is 0 Å². The molecule has 0 bridgehead atoms. The molecule has 124 valence electrons. The van der Waals surface area contributed by atoms with E-state index in [1.165, 1.54) is 48.0 Å². The molecule has 0 aliphatic heterocycles. The Hall–Kier alpha value is -2.90. The molecule has 0 unspecified atom stereocenters. The van der Waals surface area contributed by atoms with Crippen molar-refractivity contribution in [3.8, 4) is 22.3 Å². The van der Waals surface area contributed by atoms with Gasteiger partial charge in [0.15, 0.2) is 0 Å². The number of aryl methyl sites for hydroxylation is 1. The van der Waals surface area contributed by atoms with Crippen LogP contribution in [0.3, 0.4) is 0 Å². The first-order valence-electron chi connectivity index (χ1n) is 8.88. The van der Waals surface area contributed by atoms with E-state index in [4.69, 9.17) is 0 Å². The van der Waals surface area contributed by atoms with Crippen LogP contribution in [0.25, 0.3) is 42.4 Å². The summed E-state index contributed by atoms with van der Waals surface area (Å²) in [4.78, 5) is 0. The topological polar surface area (TPSA) is 0 Å². The van der Waals surface area contributed by atoms with E-state index in [1.54, 1.807) is 0 Å². The highest BCUT2D eigenvalue weighted by Gasteiger charge is 2.14. The van der Waals surface area contributed by atoms with Crippen LogP contribution in [0.2, 0.25) is 0 Å². The Balaban J connectivity index is 1.86. The zero-order chi connectivity index (χ0) is 17.5. The Morgan fingerprint density at radius 1 is 0.500 bits per heavy atom.